The largest absolute Gasteiger partial charge is 0.472 e. The number of phosphoric ester groups is 2. The van der Waals surface area contributed by atoms with E-state index in [1.54, 1.807) is 0 Å². The number of hydrogen-bond donors (Lipinski definition) is 3. The monoisotopic (exact) mass is 1620 g/mol. The molecule has 0 bridgehead atoms. The molecule has 0 aliphatic rings. The van der Waals surface area contributed by atoms with Crippen LogP contribution in [0.15, 0.2) is 0 Å². The van der Waals surface area contributed by atoms with Crippen molar-refractivity contribution in [3.8, 4) is 0 Å². The first-order valence-corrected chi connectivity index (χ1v) is 50.5. The van der Waals surface area contributed by atoms with E-state index in [1.165, 1.54) is 308 Å². The number of aliphatic hydroxyl groups excluding tert-OH is 1. The topological polar surface area (TPSA) is 237 Å². The average molecular weight is 1620 g/mol. The van der Waals surface area contributed by atoms with Crippen molar-refractivity contribution in [2.45, 2.75) is 516 Å². The number of esters is 4. The Balaban J connectivity index is 5.21. The fourth-order valence-electron chi connectivity index (χ4n) is 14.5. The molecule has 5 atom stereocenters. The molecule has 0 fully saturated rings. The Hall–Kier alpha value is -1.94. The van der Waals surface area contributed by atoms with Gasteiger partial charge in [-0.2, -0.15) is 0 Å². The predicted octanol–water partition coefficient (Wildman–Crippen LogP) is 28.6. The van der Waals surface area contributed by atoms with E-state index in [2.05, 4.69) is 41.5 Å². The van der Waals surface area contributed by atoms with Crippen LogP contribution in [0.2, 0.25) is 0 Å². The smallest absolute Gasteiger partial charge is 0.462 e. The second kappa shape index (κ2) is 83.1. The summed E-state index contributed by atoms with van der Waals surface area (Å²) >= 11 is 0. The number of rotatable bonds is 91. The number of carbonyl (C=O) groups excluding carboxylic acids is 4. The molecular weight excluding hydrogens is 1440 g/mol. The number of carbonyl (C=O) groups is 4. The summed E-state index contributed by atoms with van der Waals surface area (Å²) < 4.78 is 69.1. The van der Waals surface area contributed by atoms with Gasteiger partial charge in [-0.1, -0.05) is 446 Å². The Labute approximate surface area is 683 Å². The third-order valence-electron chi connectivity index (χ3n) is 21.7. The highest BCUT2D eigenvalue weighted by molar-refractivity contribution is 7.47. The van der Waals surface area contributed by atoms with Crippen molar-refractivity contribution in [1.29, 1.82) is 0 Å². The van der Waals surface area contributed by atoms with Gasteiger partial charge in [0, 0.05) is 25.7 Å². The number of phosphoric acid groups is 2. The first-order valence-electron chi connectivity index (χ1n) is 47.5. The van der Waals surface area contributed by atoms with Crippen LogP contribution in [-0.4, -0.2) is 96.7 Å². The second-order valence-electron chi connectivity index (χ2n) is 34.0. The van der Waals surface area contributed by atoms with Crippen molar-refractivity contribution >= 4 is 39.5 Å². The normalized spacial score (nSPS) is 13.7. The van der Waals surface area contributed by atoms with E-state index < -0.39 is 97.5 Å². The van der Waals surface area contributed by atoms with Crippen LogP contribution >= 0.6 is 15.6 Å². The van der Waals surface area contributed by atoms with Crippen LogP contribution in [0.5, 0.6) is 0 Å². The number of ether oxygens (including phenoxy) is 4. The highest BCUT2D eigenvalue weighted by Crippen LogP contribution is 2.45. The van der Waals surface area contributed by atoms with Gasteiger partial charge in [0.15, 0.2) is 12.2 Å². The zero-order valence-electron chi connectivity index (χ0n) is 73.3. The lowest BCUT2D eigenvalue weighted by atomic mass is 10.0. The molecule has 0 saturated heterocycles. The van der Waals surface area contributed by atoms with Gasteiger partial charge >= 0.3 is 39.5 Å². The SMILES string of the molecule is CCCCCCCCCCCCCCCCCCCCCCCCC(=O)O[C@H](COC(=O)CCCCCCCCCCCCCCCCCCCCCC)COP(=O)(O)OC[C@@H](O)COP(=O)(O)OC[C@@H](COC(=O)CCCCCCCCCC(C)C)OC(=O)CCCCCCCCCCCCCCCCCCC(C)C. The van der Waals surface area contributed by atoms with Crippen LogP contribution in [0, 0.1) is 11.8 Å². The van der Waals surface area contributed by atoms with Crippen LogP contribution in [0.3, 0.4) is 0 Å². The average Bonchev–Trinajstić information content (AvgIpc) is 0.904. The fourth-order valence-corrected chi connectivity index (χ4v) is 16.1. The van der Waals surface area contributed by atoms with Crippen molar-refractivity contribution in [1.82, 2.24) is 0 Å². The fraction of sp³-hybridized carbons (Fsp3) is 0.957. The van der Waals surface area contributed by atoms with Crippen LogP contribution in [0.1, 0.15) is 497 Å². The molecule has 0 aromatic rings. The van der Waals surface area contributed by atoms with E-state index in [4.69, 9.17) is 37.0 Å². The van der Waals surface area contributed by atoms with E-state index in [1.807, 2.05) is 0 Å². The molecule has 17 nitrogen and oxygen atoms in total. The lowest BCUT2D eigenvalue weighted by Crippen LogP contribution is -2.30. The molecule has 0 heterocycles. The molecule has 660 valence electrons. The highest BCUT2D eigenvalue weighted by atomic mass is 31.2. The van der Waals surface area contributed by atoms with Gasteiger partial charge < -0.3 is 33.8 Å². The Morgan fingerprint density at radius 1 is 0.243 bits per heavy atom. The van der Waals surface area contributed by atoms with Crippen molar-refractivity contribution in [2.75, 3.05) is 39.6 Å². The van der Waals surface area contributed by atoms with Gasteiger partial charge in [0.25, 0.3) is 0 Å². The summed E-state index contributed by atoms with van der Waals surface area (Å²) in [6, 6.07) is 0. The van der Waals surface area contributed by atoms with Crippen LogP contribution in [-0.2, 0) is 65.4 Å². The minimum absolute atomic E-state index is 0.108. The molecule has 0 aromatic carbocycles. The third kappa shape index (κ3) is 85.8. The van der Waals surface area contributed by atoms with Gasteiger partial charge in [-0.15, -0.1) is 0 Å². The van der Waals surface area contributed by atoms with E-state index in [0.29, 0.717) is 31.6 Å². The minimum atomic E-state index is -4.97. The number of aliphatic hydroxyl groups is 1. The van der Waals surface area contributed by atoms with Crippen molar-refractivity contribution < 1.29 is 80.2 Å². The van der Waals surface area contributed by atoms with Gasteiger partial charge in [0.1, 0.15) is 19.3 Å². The molecule has 111 heavy (non-hydrogen) atoms. The Morgan fingerprint density at radius 3 is 0.613 bits per heavy atom. The molecule has 0 radical (unpaired) electrons. The quantitative estimate of drug-likeness (QED) is 0.0222. The Kier molecular flexibility index (Phi) is 81.7. The van der Waals surface area contributed by atoms with Crippen LogP contribution in [0.4, 0.5) is 0 Å². The maximum absolute atomic E-state index is 13.2. The molecule has 0 aromatic heterocycles. The van der Waals surface area contributed by atoms with Crippen LogP contribution in [0.25, 0.3) is 0 Å². The first-order chi connectivity index (χ1) is 53.9. The molecule has 0 aliphatic heterocycles. The predicted molar refractivity (Wildman–Crippen MR) is 460 cm³/mol. The van der Waals surface area contributed by atoms with Gasteiger partial charge in [0.2, 0.25) is 0 Å². The summed E-state index contributed by atoms with van der Waals surface area (Å²) in [7, 11) is -9.94. The zero-order valence-corrected chi connectivity index (χ0v) is 75.1. The Morgan fingerprint density at radius 2 is 0.414 bits per heavy atom. The summed E-state index contributed by atoms with van der Waals surface area (Å²) in [6.45, 7) is 9.68. The lowest BCUT2D eigenvalue weighted by Gasteiger charge is -2.21. The summed E-state index contributed by atoms with van der Waals surface area (Å²) in [4.78, 5) is 73.4. The molecule has 19 heteroatoms. The molecule has 0 amide bonds. The second-order valence-corrected chi connectivity index (χ2v) is 36.9. The highest BCUT2D eigenvalue weighted by Gasteiger charge is 2.31. The molecule has 3 N–H and O–H groups in total. The van der Waals surface area contributed by atoms with Gasteiger partial charge in [-0.25, -0.2) is 9.13 Å². The van der Waals surface area contributed by atoms with Crippen molar-refractivity contribution in [2.24, 2.45) is 11.8 Å². The molecule has 2 unspecified atom stereocenters. The van der Waals surface area contributed by atoms with E-state index in [-0.39, 0.29) is 25.7 Å². The Bertz CT molecular complexity index is 2120. The molecule has 0 rings (SSSR count). The van der Waals surface area contributed by atoms with E-state index in [9.17, 15) is 43.2 Å². The van der Waals surface area contributed by atoms with E-state index in [0.717, 1.165) is 102 Å². The van der Waals surface area contributed by atoms with Gasteiger partial charge in [0.05, 0.1) is 26.4 Å². The summed E-state index contributed by atoms with van der Waals surface area (Å²) in [5, 5.41) is 10.7. The molecule has 0 spiro atoms. The van der Waals surface area contributed by atoms with Crippen molar-refractivity contribution in [3.05, 3.63) is 0 Å². The van der Waals surface area contributed by atoms with E-state index >= 15 is 0 Å². The molecule has 0 aliphatic carbocycles. The lowest BCUT2D eigenvalue weighted by molar-refractivity contribution is -0.161. The van der Waals surface area contributed by atoms with Crippen molar-refractivity contribution in [3.63, 3.8) is 0 Å². The minimum Gasteiger partial charge on any atom is -0.462 e. The van der Waals surface area contributed by atoms with Gasteiger partial charge in [-0.05, 0) is 37.5 Å². The maximum atomic E-state index is 13.2. The van der Waals surface area contributed by atoms with Gasteiger partial charge in [-0.3, -0.25) is 37.3 Å². The molecule has 0 saturated carbocycles. The number of unbranched alkanes of at least 4 members (excludes halogenated alkanes) is 61. The third-order valence-corrected chi connectivity index (χ3v) is 23.6. The summed E-state index contributed by atoms with van der Waals surface area (Å²) in [6.07, 6.45) is 78.1. The standard InChI is InChI=1S/C92H180O17P2/c1-7-9-11-13-15-17-19-21-23-25-27-29-30-32-34-39-43-47-51-57-64-70-76-91(96)108-87(80-102-89(94)74-68-62-56-50-46-42-38-33-31-28-26-24-22-20-18-16-14-12-10-8-2)82-106-110(98,99)104-78-86(93)79-105-111(100,101)107-83-88(81-103-90(95)75-69-63-59-53-55-61-67-73-85(5)6)109-92(97)77-71-65-58-52-48-44-40-36-35-37-41-45-49-54-60-66-72-84(3)4/h84-88,93H,7-83H2,1-6H3,(H,98,99)(H,100,101)/t86-,87-,88-/m1/s1. The maximum Gasteiger partial charge on any atom is 0.472 e. The first kappa shape index (κ1) is 109. The summed E-state index contributed by atoms with van der Waals surface area (Å²) in [5.74, 6) is -0.583. The molecular formula is C92H180O17P2. The number of hydrogen-bond acceptors (Lipinski definition) is 15. The summed E-state index contributed by atoms with van der Waals surface area (Å²) in [5.41, 5.74) is 0. The zero-order chi connectivity index (χ0) is 81.3. The van der Waals surface area contributed by atoms with Crippen LogP contribution < -0.4 is 0 Å².